The molecule has 0 unspecified atom stereocenters. The second kappa shape index (κ2) is 6.90. The molecule has 112 valence electrons. The van der Waals surface area contributed by atoms with E-state index in [9.17, 15) is 4.79 Å². The molecule has 0 bridgehead atoms. The fourth-order valence-electron chi connectivity index (χ4n) is 2.18. The number of nitrogens with two attached hydrogens (primary N) is 1. The molecule has 1 aliphatic rings. The zero-order chi connectivity index (χ0) is 14.5. The normalized spacial score (nSPS) is 15.7. The minimum absolute atomic E-state index is 0.120. The van der Waals surface area contributed by atoms with Crippen LogP contribution in [-0.4, -0.2) is 56.1 Å². The number of rotatable bonds is 5. The van der Waals surface area contributed by atoms with Crippen LogP contribution in [-0.2, 0) is 0 Å². The van der Waals surface area contributed by atoms with Crippen LogP contribution < -0.4 is 16.0 Å². The molecule has 7 heteroatoms. The summed E-state index contributed by atoms with van der Waals surface area (Å²) in [6.45, 7) is 3.44. The molecule has 2 heterocycles. The van der Waals surface area contributed by atoms with Crippen molar-refractivity contribution in [2.75, 3.05) is 50.9 Å². The monoisotopic (exact) mass is 297 g/mol. The third-order valence-corrected chi connectivity index (χ3v) is 4.45. The second-order valence-electron chi connectivity index (χ2n) is 5.32. The van der Waals surface area contributed by atoms with Crippen LogP contribution in [0.1, 0.15) is 28.9 Å². The van der Waals surface area contributed by atoms with Crippen molar-refractivity contribution in [2.45, 2.75) is 19.3 Å². The Morgan fingerprint density at radius 3 is 2.75 bits per heavy atom. The SMILES string of the molecule is CN(C)CCNC(=O)c1sc(N2CCCCC2)nc1N. The first kappa shape index (κ1) is 15.1. The summed E-state index contributed by atoms with van der Waals surface area (Å²) >= 11 is 1.40. The quantitative estimate of drug-likeness (QED) is 0.848. The largest absolute Gasteiger partial charge is 0.382 e. The highest BCUT2D eigenvalue weighted by molar-refractivity contribution is 7.18. The van der Waals surface area contributed by atoms with Gasteiger partial charge in [-0.3, -0.25) is 4.79 Å². The summed E-state index contributed by atoms with van der Waals surface area (Å²) < 4.78 is 0. The number of nitrogen functional groups attached to an aromatic ring is 1. The van der Waals surface area contributed by atoms with Crippen LogP contribution in [0.4, 0.5) is 10.9 Å². The van der Waals surface area contributed by atoms with Gasteiger partial charge >= 0.3 is 0 Å². The van der Waals surface area contributed by atoms with E-state index in [-0.39, 0.29) is 5.91 Å². The maximum absolute atomic E-state index is 12.1. The van der Waals surface area contributed by atoms with Gasteiger partial charge in [0.15, 0.2) is 5.13 Å². The molecular weight excluding hydrogens is 274 g/mol. The Bertz CT molecular complexity index is 454. The summed E-state index contributed by atoms with van der Waals surface area (Å²) in [6, 6.07) is 0. The Kier molecular flexibility index (Phi) is 5.19. The Morgan fingerprint density at radius 2 is 2.10 bits per heavy atom. The van der Waals surface area contributed by atoms with Gasteiger partial charge in [0, 0.05) is 26.2 Å². The van der Waals surface area contributed by atoms with Gasteiger partial charge < -0.3 is 20.9 Å². The third-order valence-electron chi connectivity index (χ3n) is 3.32. The lowest BCUT2D eigenvalue weighted by Gasteiger charge is -2.25. The Labute approximate surface area is 124 Å². The zero-order valence-corrected chi connectivity index (χ0v) is 13.0. The topological polar surface area (TPSA) is 74.5 Å². The number of nitrogens with one attached hydrogen (secondary N) is 1. The van der Waals surface area contributed by atoms with Gasteiger partial charge in [-0.05, 0) is 33.4 Å². The maximum atomic E-state index is 12.1. The summed E-state index contributed by atoms with van der Waals surface area (Å²) in [5.74, 6) is 0.225. The van der Waals surface area contributed by atoms with Crippen molar-refractivity contribution in [2.24, 2.45) is 0 Å². The fraction of sp³-hybridized carbons (Fsp3) is 0.692. The second-order valence-corrected chi connectivity index (χ2v) is 6.30. The Morgan fingerprint density at radius 1 is 1.40 bits per heavy atom. The van der Waals surface area contributed by atoms with Gasteiger partial charge in [0.1, 0.15) is 10.7 Å². The molecule has 0 aliphatic carbocycles. The van der Waals surface area contributed by atoms with Crippen molar-refractivity contribution < 1.29 is 4.79 Å². The number of aromatic nitrogens is 1. The van der Waals surface area contributed by atoms with Crippen LogP contribution in [0.25, 0.3) is 0 Å². The first-order chi connectivity index (χ1) is 9.58. The predicted molar refractivity (Wildman–Crippen MR) is 83.5 cm³/mol. The highest BCUT2D eigenvalue weighted by Crippen LogP contribution is 2.29. The molecule has 20 heavy (non-hydrogen) atoms. The van der Waals surface area contributed by atoms with E-state index >= 15 is 0 Å². The van der Waals surface area contributed by atoms with Crippen LogP contribution in [0, 0.1) is 0 Å². The van der Waals surface area contributed by atoms with E-state index in [0.717, 1.165) is 24.8 Å². The first-order valence-corrected chi connectivity index (χ1v) is 7.84. The fourth-order valence-corrected chi connectivity index (χ4v) is 3.13. The average Bonchev–Trinajstić information content (AvgIpc) is 2.81. The van der Waals surface area contributed by atoms with E-state index in [1.165, 1.54) is 30.6 Å². The number of thiazole rings is 1. The lowest BCUT2D eigenvalue weighted by molar-refractivity contribution is 0.0956. The molecule has 3 N–H and O–H groups in total. The zero-order valence-electron chi connectivity index (χ0n) is 12.2. The molecule has 1 aliphatic heterocycles. The van der Waals surface area contributed by atoms with Crippen LogP contribution in [0.15, 0.2) is 0 Å². The van der Waals surface area contributed by atoms with Crippen molar-refractivity contribution in [3.8, 4) is 0 Å². The minimum Gasteiger partial charge on any atom is -0.382 e. The molecule has 0 atom stereocenters. The number of piperidine rings is 1. The van der Waals surface area contributed by atoms with Gasteiger partial charge in [0.25, 0.3) is 5.91 Å². The molecule has 6 nitrogen and oxygen atoms in total. The van der Waals surface area contributed by atoms with E-state index in [0.29, 0.717) is 17.2 Å². The Balaban J connectivity index is 1.97. The summed E-state index contributed by atoms with van der Waals surface area (Å²) in [4.78, 5) is 21.2. The number of hydrogen-bond acceptors (Lipinski definition) is 6. The number of anilines is 2. The third kappa shape index (κ3) is 3.83. The molecule has 0 saturated carbocycles. The number of hydrogen-bond donors (Lipinski definition) is 2. The molecule has 1 aromatic rings. The number of amides is 1. The van der Waals surface area contributed by atoms with Crippen molar-refractivity contribution >= 4 is 28.2 Å². The van der Waals surface area contributed by atoms with Crippen LogP contribution in [0.5, 0.6) is 0 Å². The molecule has 0 spiro atoms. The van der Waals surface area contributed by atoms with Crippen molar-refractivity contribution in [3.63, 3.8) is 0 Å². The molecule has 0 aromatic carbocycles. The minimum atomic E-state index is -0.120. The number of likely N-dealkylation sites (N-methyl/N-ethyl adjacent to an activating group) is 1. The molecule has 2 rings (SSSR count). The predicted octanol–water partition coefficient (Wildman–Crippen LogP) is 1.01. The smallest absolute Gasteiger partial charge is 0.265 e. The van der Waals surface area contributed by atoms with Crippen molar-refractivity contribution in [3.05, 3.63) is 4.88 Å². The summed E-state index contributed by atoms with van der Waals surface area (Å²) in [6.07, 6.45) is 3.64. The van der Waals surface area contributed by atoms with Crippen LogP contribution >= 0.6 is 11.3 Å². The highest BCUT2D eigenvalue weighted by Gasteiger charge is 2.20. The first-order valence-electron chi connectivity index (χ1n) is 7.02. The lowest BCUT2D eigenvalue weighted by Crippen LogP contribution is -2.31. The van der Waals surface area contributed by atoms with Crippen LogP contribution in [0.3, 0.4) is 0 Å². The average molecular weight is 297 g/mol. The van der Waals surface area contributed by atoms with E-state index in [1.807, 2.05) is 19.0 Å². The van der Waals surface area contributed by atoms with Crippen molar-refractivity contribution in [1.82, 2.24) is 15.2 Å². The van der Waals surface area contributed by atoms with Gasteiger partial charge in [-0.15, -0.1) is 0 Å². The van der Waals surface area contributed by atoms with E-state index in [4.69, 9.17) is 5.73 Å². The summed E-state index contributed by atoms with van der Waals surface area (Å²) in [7, 11) is 3.95. The van der Waals surface area contributed by atoms with Gasteiger partial charge in [-0.1, -0.05) is 11.3 Å². The molecule has 1 saturated heterocycles. The van der Waals surface area contributed by atoms with Gasteiger partial charge in [-0.25, -0.2) is 4.98 Å². The van der Waals surface area contributed by atoms with Gasteiger partial charge in [-0.2, -0.15) is 0 Å². The molecule has 1 aromatic heterocycles. The van der Waals surface area contributed by atoms with E-state index < -0.39 is 0 Å². The highest BCUT2D eigenvalue weighted by atomic mass is 32.1. The summed E-state index contributed by atoms with van der Waals surface area (Å²) in [5, 5.41) is 3.75. The number of nitrogens with zero attached hydrogens (tertiary/aromatic N) is 3. The molecular formula is C13H23N5OS. The van der Waals surface area contributed by atoms with E-state index in [2.05, 4.69) is 15.2 Å². The number of carbonyl (C=O) groups excluding carboxylic acids is 1. The molecule has 1 fully saturated rings. The maximum Gasteiger partial charge on any atom is 0.265 e. The standard InChI is InChI=1S/C13H23N5OS/c1-17(2)9-6-15-12(19)10-11(14)16-13(20-10)18-7-4-3-5-8-18/h3-9,14H2,1-2H3,(H,15,19). The van der Waals surface area contributed by atoms with Crippen molar-refractivity contribution in [1.29, 1.82) is 0 Å². The molecule has 1 amide bonds. The molecule has 0 radical (unpaired) electrons. The van der Waals surface area contributed by atoms with E-state index in [1.54, 1.807) is 0 Å². The van der Waals surface area contributed by atoms with Gasteiger partial charge in [0.05, 0.1) is 0 Å². The lowest BCUT2D eigenvalue weighted by atomic mass is 10.1. The Hall–Kier alpha value is -1.34. The summed E-state index contributed by atoms with van der Waals surface area (Å²) in [5.41, 5.74) is 5.88. The van der Waals surface area contributed by atoms with Gasteiger partial charge in [0.2, 0.25) is 0 Å². The van der Waals surface area contributed by atoms with Crippen LogP contribution in [0.2, 0.25) is 0 Å². The number of carbonyl (C=O) groups is 1.